The molecule has 17 heteroatoms. The van der Waals surface area contributed by atoms with Crippen LogP contribution in [0.4, 0.5) is 13.2 Å². The number of ether oxygens (including phenoxy) is 2. The van der Waals surface area contributed by atoms with Crippen LogP contribution in [0, 0.1) is 0 Å². The van der Waals surface area contributed by atoms with Gasteiger partial charge in [-0.25, -0.2) is 18.5 Å². The first-order valence-electron chi connectivity index (χ1n) is 14.7. The van der Waals surface area contributed by atoms with E-state index in [0.717, 1.165) is 31.6 Å². The van der Waals surface area contributed by atoms with E-state index in [0.29, 0.717) is 52.6 Å². The van der Waals surface area contributed by atoms with Gasteiger partial charge in [-0.3, -0.25) is 14.4 Å². The summed E-state index contributed by atoms with van der Waals surface area (Å²) in [7, 11) is -4.04. The number of hydrogen-bond acceptors (Lipinski definition) is 10. The zero-order chi connectivity index (χ0) is 35.5. The SMILES string of the molecule is CC(Oc1ccc(Oc2ncc(Cl)cc2Cl)cc1)C(=O)N1CCCO1.CS(=O)(=O)c1cc(C(F)(F)F)ccc1C(=O)c1cnoc1C1CC1. The number of rotatable bonds is 9. The van der Waals surface area contributed by atoms with Crippen LogP contribution in [0.1, 0.15) is 59.3 Å². The summed E-state index contributed by atoms with van der Waals surface area (Å²) in [5, 5.41) is 5.65. The van der Waals surface area contributed by atoms with Crippen LogP contribution in [0.25, 0.3) is 0 Å². The van der Waals surface area contributed by atoms with Crippen molar-refractivity contribution in [1.29, 1.82) is 0 Å². The molecule has 2 aromatic heterocycles. The summed E-state index contributed by atoms with van der Waals surface area (Å²) in [6.07, 6.45) is 0.506. The monoisotopic (exact) mass is 741 g/mol. The third kappa shape index (κ3) is 9.09. The molecule has 1 aliphatic heterocycles. The number of aromatic nitrogens is 2. The molecule has 2 aliphatic rings. The summed E-state index contributed by atoms with van der Waals surface area (Å²) in [5.41, 5.74) is -1.37. The quantitative estimate of drug-likeness (QED) is 0.160. The summed E-state index contributed by atoms with van der Waals surface area (Å²) < 4.78 is 78.5. The average Bonchev–Trinajstić information content (AvgIpc) is 3.51. The number of hydroxylamine groups is 2. The standard InChI is InChI=1S/C17H16Cl2N2O4.C15H12F3NO4S/c1-11(17(22)21-7-2-8-23-21)24-13-3-5-14(6-4-13)25-16-15(19)9-12(18)10-20-16;1-24(21,22)12-6-9(15(16,17)18)4-5-10(12)13(20)11-7-19-23-14(11)8-2-3-8/h3-6,9-11H,2,7-8H2,1H3;4-8H,2-3H2,1H3. The van der Waals surface area contributed by atoms with Crippen LogP contribution in [0.2, 0.25) is 10.0 Å². The molecule has 260 valence electrons. The van der Waals surface area contributed by atoms with Crippen LogP contribution >= 0.6 is 23.2 Å². The van der Waals surface area contributed by atoms with E-state index in [9.17, 15) is 31.2 Å². The number of nitrogens with zero attached hydrogens (tertiary/aromatic N) is 3. The Morgan fingerprint density at radius 2 is 1.71 bits per heavy atom. The topological polar surface area (TPSA) is 138 Å². The highest BCUT2D eigenvalue weighted by atomic mass is 35.5. The van der Waals surface area contributed by atoms with E-state index in [4.69, 9.17) is 42.0 Å². The molecule has 1 atom stereocenters. The lowest BCUT2D eigenvalue weighted by Crippen LogP contribution is -2.37. The summed E-state index contributed by atoms with van der Waals surface area (Å²) in [4.78, 5) is 33.4. The Morgan fingerprint density at radius 3 is 2.31 bits per heavy atom. The lowest BCUT2D eigenvalue weighted by molar-refractivity contribution is -0.175. The minimum atomic E-state index is -4.71. The van der Waals surface area contributed by atoms with Crippen LogP contribution in [-0.4, -0.2) is 60.8 Å². The summed E-state index contributed by atoms with van der Waals surface area (Å²) in [6, 6.07) is 10.4. The first-order valence-corrected chi connectivity index (χ1v) is 17.4. The van der Waals surface area contributed by atoms with Gasteiger partial charge in [-0.05, 0) is 74.7 Å². The van der Waals surface area contributed by atoms with Gasteiger partial charge in [0.15, 0.2) is 27.5 Å². The second kappa shape index (κ2) is 14.7. The first kappa shape index (κ1) is 36.1. The molecule has 1 aliphatic carbocycles. The number of ketones is 1. The number of alkyl halides is 3. The Balaban J connectivity index is 0.000000191. The van der Waals surface area contributed by atoms with E-state index in [1.54, 1.807) is 37.3 Å². The van der Waals surface area contributed by atoms with E-state index in [2.05, 4.69) is 10.1 Å². The van der Waals surface area contributed by atoms with Crippen molar-refractivity contribution in [3.05, 3.63) is 93.4 Å². The molecule has 1 amide bonds. The number of sulfone groups is 1. The molecule has 4 aromatic rings. The fourth-order valence-electron chi connectivity index (χ4n) is 4.65. The van der Waals surface area contributed by atoms with Crippen molar-refractivity contribution in [3.63, 3.8) is 0 Å². The van der Waals surface area contributed by atoms with Crippen molar-refractivity contribution in [2.45, 2.75) is 49.3 Å². The molecule has 1 saturated heterocycles. The molecule has 0 bridgehead atoms. The minimum absolute atomic E-state index is 0.0441. The normalized spacial score (nSPS) is 15.3. The highest BCUT2D eigenvalue weighted by Gasteiger charge is 2.36. The molecule has 0 N–H and O–H groups in total. The Hall–Kier alpha value is -4.18. The molecule has 3 heterocycles. The van der Waals surface area contributed by atoms with Crippen molar-refractivity contribution in [1.82, 2.24) is 15.2 Å². The molecule has 1 unspecified atom stereocenters. The Kier molecular flexibility index (Phi) is 10.9. The van der Waals surface area contributed by atoms with Crippen molar-refractivity contribution >= 4 is 44.7 Å². The van der Waals surface area contributed by atoms with Gasteiger partial charge in [-0.1, -0.05) is 28.4 Å². The molecule has 1 saturated carbocycles. The maximum atomic E-state index is 12.8. The van der Waals surface area contributed by atoms with E-state index in [-0.39, 0.29) is 28.8 Å². The summed E-state index contributed by atoms with van der Waals surface area (Å²) >= 11 is 11.8. The number of halogens is 5. The van der Waals surface area contributed by atoms with Crippen LogP contribution in [0.3, 0.4) is 0 Å². The predicted molar refractivity (Wildman–Crippen MR) is 170 cm³/mol. The highest BCUT2D eigenvalue weighted by Crippen LogP contribution is 2.42. The van der Waals surface area contributed by atoms with E-state index >= 15 is 0 Å². The lowest BCUT2D eigenvalue weighted by atomic mass is 10.0. The number of amides is 1. The molecule has 2 aromatic carbocycles. The third-order valence-corrected chi connectivity index (χ3v) is 8.83. The fourth-order valence-corrected chi connectivity index (χ4v) is 5.97. The van der Waals surface area contributed by atoms with Crippen LogP contribution in [0.5, 0.6) is 17.4 Å². The summed E-state index contributed by atoms with van der Waals surface area (Å²) in [5.74, 6) is 0.812. The van der Waals surface area contributed by atoms with Gasteiger partial charge >= 0.3 is 6.18 Å². The predicted octanol–water partition coefficient (Wildman–Crippen LogP) is 7.32. The van der Waals surface area contributed by atoms with E-state index in [1.807, 2.05) is 0 Å². The number of carbonyl (C=O) groups is 2. The molecule has 49 heavy (non-hydrogen) atoms. The van der Waals surface area contributed by atoms with Crippen LogP contribution in [-0.2, 0) is 25.6 Å². The first-order chi connectivity index (χ1) is 23.1. The van der Waals surface area contributed by atoms with Gasteiger partial charge < -0.3 is 14.0 Å². The van der Waals surface area contributed by atoms with E-state index < -0.39 is 38.4 Å². The number of hydrogen-bond donors (Lipinski definition) is 0. The van der Waals surface area contributed by atoms with Gasteiger partial charge in [0, 0.05) is 23.9 Å². The maximum absolute atomic E-state index is 12.8. The number of benzene rings is 2. The van der Waals surface area contributed by atoms with Crippen molar-refractivity contribution in [2.24, 2.45) is 0 Å². The van der Waals surface area contributed by atoms with Gasteiger partial charge in [0.1, 0.15) is 16.5 Å². The highest BCUT2D eigenvalue weighted by molar-refractivity contribution is 7.90. The molecular weight excluding hydrogens is 714 g/mol. The molecule has 11 nitrogen and oxygen atoms in total. The number of pyridine rings is 1. The number of carbonyl (C=O) groups excluding carboxylic acids is 2. The van der Waals surface area contributed by atoms with Gasteiger partial charge in [0.05, 0.1) is 40.4 Å². The van der Waals surface area contributed by atoms with Crippen LogP contribution in [0.15, 0.2) is 70.3 Å². The zero-order valence-electron chi connectivity index (χ0n) is 25.9. The second-order valence-electron chi connectivity index (χ2n) is 11.1. The largest absolute Gasteiger partial charge is 0.481 e. The van der Waals surface area contributed by atoms with Crippen molar-refractivity contribution in [3.8, 4) is 17.4 Å². The van der Waals surface area contributed by atoms with Crippen molar-refractivity contribution < 1.29 is 50.0 Å². The van der Waals surface area contributed by atoms with E-state index in [1.165, 1.54) is 17.5 Å². The second-order valence-corrected chi connectivity index (χ2v) is 13.9. The molecule has 2 fully saturated rings. The molecule has 6 rings (SSSR count). The Morgan fingerprint density at radius 1 is 1.02 bits per heavy atom. The minimum Gasteiger partial charge on any atom is -0.481 e. The smallest absolute Gasteiger partial charge is 0.416 e. The third-order valence-electron chi connectivity index (χ3n) is 7.22. The van der Waals surface area contributed by atoms with Crippen LogP contribution < -0.4 is 9.47 Å². The van der Waals surface area contributed by atoms with Gasteiger partial charge in [-0.15, -0.1) is 0 Å². The molecular formula is C32H28Cl2F3N3O8S. The fraction of sp³-hybridized carbons (Fsp3) is 0.312. The van der Waals surface area contributed by atoms with Gasteiger partial charge in [0.2, 0.25) is 5.88 Å². The van der Waals surface area contributed by atoms with Crippen molar-refractivity contribution in [2.75, 3.05) is 19.4 Å². The molecule has 0 spiro atoms. The van der Waals surface area contributed by atoms with Gasteiger partial charge in [-0.2, -0.15) is 13.2 Å². The average molecular weight is 743 g/mol. The lowest BCUT2D eigenvalue weighted by Gasteiger charge is -2.20. The molecule has 0 radical (unpaired) electrons. The Labute approximate surface area is 288 Å². The zero-order valence-corrected chi connectivity index (χ0v) is 28.2. The summed E-state index contributed by atoms with van der Waals surface area (Å²) in [6.45, 7) is 2.84. The Bertz CT molecular complexity index is 1950. The van der Waals surface area contributed by atoms with Gasteiger partial charge in [0.25, 0.3) is 5.91 Å². The maximum Gasteiger partial charge on any atom is 0.416 e.